The minimum absolute atomic E-state index is 0.175. The Bertz CT molecular complexity index is 905. The fourth-order valence-electron chi connectivity index (χ4n) is 4.67. The molecule has 11 heteroatoms. The van der Waals surface area contributed by atoms with Crippen molar-refractivity contribution in [3.8, 4) is 0 Å². The third-order valence-electron chi connectivity index (χ3n) is 7.56. The molecule has 48 heavy (non-hydrogen) atoms. The normalized spacial score (nSPS) is 14.5. The van der Waals surface area contributed by atoms with E-state index >= 15 is 0 Å². The van der Waals surface area contributed by atoms with Crippen LogP contribution in [0.3, 0.4) is 0 Å². The molecular formula is C37H67O10P. The maximum Gasteiger partial charge on any atom is 0.472 e. The van der Waals surface area contributed by atoms with E-state index in [-0.39, 0.29) is 12.8 Å². The molecule has 0 aliphatic heterocycles. The molecule has 3 unspecified atom stereocenters. The highest BCUT2D eigenvalue weighted by molar-refractivity contribution is 7.47. The van der Waals surface area contributed by atoms with Gasteiger partial charge in [0.05, 0.1) is 26.4 Å². The molecule has 0 rings (SSSR count). The van der Waals surface area contributed by atoms with Crippen LogP contribution in [0.2, 0.25) is 0 Å². The summed E-state index contributed by atoms with van der Waals surface area (Å²) < 4.78 is 32.4. The molecule has 0 aliphatic carbocycles. The topological polar surface area (TPSA) is 149 Å². The summed E-state index contributed by atoms with van der Waals surface area (Å²) in [5, 5.41) is 19.0. The number of aliphatic hydroxyl groups excluding tert-OH is 2. The average Bonchev–Trinajstić information content (AvgIpc) is 3.07. The summed E-state index contributed by atoms with van der Waals surface area (Å²) in [5.74, 6) is -1.05. The number of esters is 2. The maximum absolute atomic E-state index is 12.3. The second-order valence-electron chi connectivity index (χ2n) is 12.2. The first-order valence-corrected chi connectivity index (χ1v) is 19.9. The fraction of sp³-hybridized carbons (Fsp3) is 0.784. The largest absolute Gasteiger partial charge is 0.472 e. The summed E-state index contributed by atoms with van der Waals surface area (Å²) in [6, 6.07) is 0. The third kappa shape index (κ3) is 31.5. The van der Waals surface area contributed by atoms with Gasteiger partial charge >= 0.3 is 19.8 Å². The smallest absolute Gasteiger partial charge is 0.457 e. The van der Waals surface area contributed by atoms with Crippen LogP contribution in [0, 0.1) is 0 Å². The zero-order valence-electron chi connectivity index (χ0n) is 29.9. The highest BCUT2D eigenvalue weighted by atomic mass is 31.2. The first-order chi connectivity index (χ1) is 23.3. The number of hydrogen-bond donors (Lipinski definition) is 3. The summed E-state index contributed by atoms with van der Waals surface area (Å²) in [6.45, 7) is 2.06. The predicted molar refractivity (Wildman–Crippen MR) is 191 cm³/mol. The van der Waals surface area contributed by atoms with E-state index in [1.807, 2.05) is 0 Å². The Morgan fingerprint density at radius 2 is 0.958 bits per heavy atom. The standard InChI is InChI=1S/C37H67O10P/c1-3-5-7-9-11-13-15-17-19-21-23-25-27-29-37(41)47-35(31-39)33-45-48(42,43)44-32-34(30-38)46-36(40)28-26-24-22-20-18-16-14-12-10-8-6-4-2/h7,9,12-15,34-35,38-39H,3-6,8,10-11,16-33H2,1-2H3,(H,42,43)/b9-7-,14-12-,15-13-. The second kappa shape index (κ2) is 33.7. The number of phosphoric ester groups is 1. The summed E-state index contributed by atoms with van der Waals surface area (Å²) in [5.41, 5.74) is 0. The van der Waals surface area contributed by atoms with Crippen molar-refractivity contribution < 1.29 is 47.8 Å². The molecule has 0 aliphatic rings. The van der Waals surface area contributed by atoms with Gasteiger partial charge in [-0.15, -0.1) is 0 Å². The van der Waals surface area contributed by atoms with Crippen molar-refractivity contribution in [3.05, 3.63) is 36.5 Å². The minimum Gasteiger partial charge on any atom is -0.457 e. The molecule has 0 aromatic carbocycles. The van der Waals surface area contributed by atoms with E-state index in [9.17, 15) is 29.3 Å². The molecule has 0 aromatic heterocycles. The molecule has 0 radical (unpaired) electrons. The number of rotatable bonds is 34. The maximum atomic E-state index is 12.3. The lowest BCUT2D eigenvalue weighted by molar-refractivity contribution is -0.153. The predicted octanol–water partition coefficient (Wildman–Crippen LogP) is 8.83. The lowest BCUT2D eigenvalue weighted by atomic mass is 10.1. The van der Waals surface area contributed by atoms with Gasteiger partial charge in [-0.2, -0.15) is 0 Å². The van der Waals surface area contributed by atoms with Gasteiger partial charge in [-0.25, -0.2) is 4.57 Å². The van der Waals surface area contributed by atoms with Crippen LogP contribution in [-0.4, -0.2) is 65.7 Å². The molecule has 0 amide bonds. The van der Waals surface area contributed by atoms with Gasteiger partial charge < -0.3 is 24.6 Å². The number of phosphoric acid groups is 1. The van der Waals surface area contributed by atoms with Crippen LogP contribution in [0.4, 0.5) is 0 Å². The van der Waals surface area contributed by atoms with Crippen LogP contribution in [0.15, 0.2) is 36.5 Å². The molecule has 0 fully saturated rings. The van der Waals surface area contributed by atoms with Crippen LogP contribution < -0.4 is 0 Å². The first kappa shape index (κ1) is 46.2. The number of carbonyl (C=O) groups is 2. The summed E-state index contributed by atoms with van der Waals surface area (Å²) in [4.78, 5) is 34.3. The molecular weight excluding hydrogens is 635 g/mol. The van der Waals surface area contributed by atoms with E-state index in [1.54, 1.807) is 0 Å². The quantitative estimate of drug-likeness (QED) is 0.0257. The Morgan fingerprint density at radius 3 is 1.40 bits per heavy atom. The number of allylic oxidation sites excluding steroid dienone is 6. The van der Waals surface area contributed by atoms with E-state index < -0.39 is 58.4 Å². The van der Waals surface area contributed by atoms with Crippen LogP contribution in [0.25, 0.3) is 0 Å². The molecule has 0 aromatic rings. The molecule has 0 heterocycles. The molecule has 10 nitrogen and oxygen atoms in total. The van der Waals surface area contributed by atoms with Crippen molar-refractivity contribution >= 4 is 19.8 Å². The lowest BCUT2D eigenvalue weighted by Crippen LogP contribution is -2.28. The van der Waals surface area contributed by atoms with Gasteiger partial charge in [0, 0.05) is 12.8 Å². The Labute approximate surface area is 291 Å². The summed E-state index contributed by atoms with van der Waals surface area (Å²) in [6.07, 6.45) is 31.2. The number of unbranched alkanes of at least 4 members (excludes halogenated alkanes) is 14. The molecule has 280 valence electrons. The number of carbonyl (C=O) groups excluding carboxylic acids is 2. The molecule has 0 spiro atoms. The van der Waals surface area contributed by atoms with Gasteiger partial charge in [-0.05, 0) is 64.2 Å². The average molecular weight is 703 g/mol. The van der Waals surface area contributed by atoms with E-state index in [4.69, 9.17) is 18.5 Å². The number of ether oxygens (including phenoxy) is 2. The van der Waals surface area contributed by atoms with Crippen LogP contribution in [0.1, 0.15) is 149 Å². The molecule has 3 N–H and O–H groups in total. The zero-order chi connectivity index (χ0) is 35.6. The van der Waals surface area contributed by atoms with Crippen molar-refractivity contribution in [1.82, 2.24) is 0 Å². The zero-order valence-corrected chi connectivity index (χ0v) is 30.8. The molecule has 0 saturated heterocycles. The number of aliphatic hydroxyl groups is 2. The summed E-state index contributed by atoms with van der Waals surface area (Å²) in [7, 11) is -4.63. The summed E-state index contributed by atoms with van der Waals surface area (Å²) >= 11 is 0. The van der Waals surface area contributed by atoms with Crippen molar-refractivity contribution in [1.29, 1.82) is 0 Å². The van der Waals surface area contributed by atoms with Gasteiger partial charge in [0.25, 0.3) is 0 Å². The Kier molecular flexibility index (Phi) is 32.4. The van der Waals surface area contributed by atoms with Crippen LogP contribution >= 0.6 is 7.82 Å². The Balaban J connectivity index is 4.04. The lowest BCUT2D eigenvalue weighted by Gasteiger charge is -2.20. The van der Waals surface area contributed by atoms with Crippen molar-refractivity contribution in [3.63, 3.8) is 0 Å². The SMILES string of the molecule is CCC/C=C\C/C=C\CCCCCCCC(=O)OC(CO)COP(=O)(O)OCC(CO)OC(=O)CCCCCCC/C=C\CCCCC. The highest BCUT2D eigenvalue weighted by Crippen LogP contribution is 2.43. The van der Waals surface area contributed by atoms with E-state index in [0.29, 0.717) is 12.8 Å². The van der Waals surface area contributed by atoms with E-state index in [2.05, 4.69) is 50.3 Å². The van der Waals surface area contributed by atoms with Crippen LogP contribution in [0.5, 0.6) is 0 Å². The molecule has 3 atom stereocenters. The van der Waals surface area contributed by atoms with Gasteiger partial charge in [-0.3, -0.25) is 18.6 Å². The monoisotopic (exact) mass is 702 g/mol. The van der Waals surface area contributed by atoms with Gasteiger partial charge in [0.1, 0.15) is 12.2 Å². The van der Waals surface area contributed by atoms with Crippen molar-refractivity contribution in [2.45, 2.75) is 161 Å². The minimum atomic E-state index is -4.63. The number of hydrogen-bond acceptors (Lipinski definition) is 9. The van der Waals surface area contributed by atoms with Crippen LogP contribution in [-0.2, 0) is 32.7 Å². The van der Waals surface area contributed by atoms with E-state index in [1.165, 1.54) is 25.7 Å². The second-order valence-corrected chi connectivity index (χ2v) is 13.6. The Morgan fingerprint density at radius 1 is 0.562 bits per heavy atom. The van der Waals surface area contributed by atoms with Gasteiger partial charge in [0.15, 0.2) is 0 Å². The molecule has 0 saturated carbocycles. The van der Waals surface area contributed by atoms with Crippen molar-refractivity contribution in [2.24, 2.45) is 0 Å². The fourth-order valence-corrected chi connectivity index (χ4v) is 5.46. The van der Waals surface area contributed by atoms with Crippen molar-refractivity contribution in [2.75, 3.05) is 26.4 Å². The van der Waals surface area contributed by atoms with Gasteiger partial charge in [-0.1, -0.05) is 108 Å². The Hall–Kier alpha value is -1.81. The third-order valence-corrected chi connectivity index (χ3v) is 8.51. The molecule has 0 bridgehead atoms. The van der Waals surface area contributed by atoms with Gasteiger partial charge in [0.2, 0.25) is 0 Å². The van der Waals surface area contributed by atoms with E-state index in [0.717, 1.165) is 83.5 Å². The first-order valence-electron chi connectivity index (χ1n) is 18.4. The highest BCUT2D eigenvalue weighted by Gasteiger charge is 2.27.